The van der Waals surface area contributed by atoms with Crippen LogP contribution >= 0.6 is 0 Å². The van der Waals surface area contributed by atoms with Crippen molar-refractivity contribution in [3.63, 3.8) is 0 Å². The van der Waals surface area contributed by atoms with E-state index in [2.05, 4.69) is 58.2 Å². The van der Waals surface area contributed by atoms with Crippen LogP contribution in [0.5, 0.6) is 0 Å². The fourth-order valence-corrected chi connectivity index (χ4v) is 9.33. The van der Waals surface area contributed by atoms with E-state index >= 15 is 0 Å². The van der Waals surface area contributed by atoms with Crippen LogP contribution in [0.4, 0.5) is 5.69 Å². The minimum atomic E-state index is -0.820. The minimum Gasteiger partial charge on any atom is -0.394 e. The number of ether oxygens (including phenoxy) is 1. The summed E-state index contributed by atoms with van der Waals surface area (Å²) >= 11 is 0. The van der Waals surface area contributed by atoms with Crippen molar-refractivity contribution in [2.45, 2.75) is 130 Å². The van der Waals surface area contributed by atoms with E-state index in [9.17, 15) is 19.8 Å². The van der Waals surface area contributed by atoms with Gasteiger partial charge in [-0.15, -0.1) is 0 Å². The number of methoxy groups -OCH3 is 1. The van der Waals surface area contributed by atoms with Gasteiger partial charge in [-0.3, -0.25) is 14.4 Å². The van der Waals surface area contributed by atoms with Gasteiger partial charge in [0.15, 0.2) is 0 Å². The molecule has 1 aliphatic heterocycles. The molecule has 2 bridgehead atoms. The first-order chi connectivity index (χ1) is 23.6. The van der Waals surface area contributed by atoms with Crippen molar-refractivity contribution in [3.05, 3.63) is 29.3 Å². The van der Waals surface area contributed by atoms with Crippen molar-refractivity contribution in [2.24, 2.45) is 35.0 Å². The number of nitrogens with zero attached hydrogens (tertiary/aromatic N) is 2. The monoisotopic (exact) mass is 701 g/mol. The predicted octanol–water partition coefficient (Wildman–Crippen LogP) is 5.37. The summed E-state index contributed by atoms with van der Waals surface area (Å²) in [6, 6.07) is 5.51. The molecule has 1 saturated heterocycles. The highest BCUT2D eigenvalue weighted by atomic mass is 16.7. The maximum atomic E-state index is 14.1. The number of hydrogen-bond acceptors (Lipinski definition) is 8. The van der Waals surface area contributed by atoms with Crippen molar-refractivity contribution in [1.82, 2.24) is 15.7 Å². The van der Waals surface area contributed by atoms with E-state index in [1.807, 2.05) is 31.1 Å². The number of hydroxylamine groups is 2. The molecule has 3 saturated carbocycles. The molecule has 1 aromatic carbocycles. The predicted molar refractivity (Wildman–Crippen MR) is 199 cm³/mol. The van der Waals surface area contributed by atoms with Gasteiger partial charge in [-0.2, -0.15) is 5.06 Å². The quantitative estimate of drug-likeness (QED) is 0.161. The zero-order valence-electron chi connectivity index (χ0n) is 32.6. The van der Waals surface area contributed by atoms with E-state index in [-0.39, 0.29) is 36.4 Å². The van der Waals surface area contributed by atoms with Crippen LogP contribution in [-0.4, -0.2) is 98.4 Å². The van der Waals surface area contributed by atoms with Gasteiger partial charge < -0.3 is 30.5 Å². The minimum absolute atomic E-state index is 0.0666. The lowest BCUT2D eigenvalue weighted by Gasteiger charge is -2.62. The number of anilines is 1. The second-order valence-electron chi connectivity index (χ2n) is 16.9. The number of carbonyl (C=O) groups is 2. The van der Waals surface area contributed by atoms with Crippen LogP contribution in [0.25, 0.3) is 0 Å². The van der Waals surface area contributed by atoms with Crippen molar-refractivity contribution < 1.29 is 29.4 Å². The third kappa shape index (κ3) is 9.21. The van der Waals surface area contributed by atoms with Crippen LogP contribution < -0.4 is 15.5 Å². The molecule has 10 atom stereocenters. The first kappa shape index (κ1) is 40.5. The molecular formula is C40H68N4O6. The Morgan fingerprint density at radius 2 is 1.86 bits per heavy atom. The summed E-state index contributed by atoms with van der Waals surface area (Å²) < 4.78 is 5.41. The highest BCUT2D eigenvalue weighted by Crippen LogP contribution is 2.61. The van der Waals surface area contributed by atoms with Crippen LogP contribution in [0.3, 0.4) is 0 Å². The number of hydrogen-bond donors (Lipinski definition) is 4. The Morgan fingerprint density at radius 3 is 2.42 bits per heavy atom. The van der Waals surface area contributed by atoms with Gasteiger partial charge in [-0.25, -0.2) is 0 Å². The fraction of sp³-hybridized carbons (Fsp3) is 0.800. The largest absolute Gasteiger partial charge is 0.394 e. The van der Waals surface area contributed by atoms with Gasteiger partial charge in [0.05, 0.1) is 25.4 Å². The van der Waals surface area contributed by atoms with Crippen LogP contribution in [0.15, 0.2) is 18.2 Å². The van der Waals surface area contributed by atoms with Crippen LogP contribution in [0.1, 0.15) is 115 Å². The van der Waals surface area contributed by atoms with E-state index < -0.39 is 24.2 Å². The highest BCUT2D eigenvalue weighted by molar-refractivity contribution is 5.95. The average Bonchev–Trinajstić information content (AvgIpc) is 3.43. The van der Waals surface area contributed by atoms with Gasteiger partial charge in [0.2, 0.25) is 5.91 Å². The lowest BCUT2D eigenvalue weighted by molar-refractivity contribution is -0.178. The molecule has 4 N–H and O–H groups in total. The third-order valence-corrected chi connectivity index (χ3v) is 12.3. The summed E-state index contributed by atoms with van der Waals surface area (Å²) in [6.45, 7) is 15.8. The zero-order valence-corrected chi connectivity index (χ0v) is 32.6. The second-order valence-corrected chi connectivity index (χ2v) is 16.9. The smallest absolute Gasteiger partial charge is 0.251 e. The first-order valence-electron chi connectivity index (χ1n) is 19.3. The van der Waals surface area contributed by atoms with Crippen molar-refractivity contribution in [3.8, 4) is 0 Å². The molecule has 10 nitrogen and oxygen atoms in total. The number of amides is 2. The Morgan fingerprint density at radius 1 is 1.14 bits per heavy atom. The topological polar surface area (TPSA) is 124 Å². The molecule has 1 aromatic rings. The number of carbonyl (C=O) groups excluding carboxylic acids is 2. The SMILES string of the molecule is CCCC(CCCN1O[C@@H](CO)[C@@H]([C@H](C)O)[C@H]1C(=O)N[C@H]1C[C@H]2C[C@H]([C@@H]1C)C2(C)C)c1cc(C(=O)N[C@@H](COC)CC(C)C)cc(N(C)C)c1. The van der Waals surface area contributed by atoms with Crippen molar-refractivity contribution in [1.29, 1.82) is 0 Å². The maximum absolute atomic E-state index is 14.1. The number of aliphatic hydroxyl groups excluding tert-OH is 2. The number of nitrogens with one attached hydrogen (secondary N) is 2. The van der Waals surface area contributed by atoms with Crippen molar-refractivity contribution in [2.75, 3.05) is 45.9 Å². The average molecular weight is 701 g/mol. The Labute approximate surface area is 302 Å². The maximum Gasteiger partial charge on any atom is 0.251 e. The number of rotatable bonds is 18. The Kier molecular flexibility index (Phi) is 14.2. The Hall–Kier alpha value is -2.24. The summed E-state index contributed by atoms with van der Waals surface area (Å²) in [5.41, 5.74) is 3.05. The van der Waals surface area contributed by atoms with Gasteiger partial charge in [0.25, 0.3) is 5.91 Å². The van der Waals surface area contributed by atoms with Gasteiger partial charge in [0.1, 0.15) is 12.1 Å². The van der Waals surface area contributed by atoms with Gasteiger partial charge in [-0.1, -0.05) is 48.0 Å². The molecule has 4 aliphatic rings. The molecule has 1 heterocycles. The summed E-state index contributed by atoms with van der Waals surface area (Å²) in [5.74, 6) is 1.47. The number of benzene rings is 1. The summed E-state index contributed by atoms with van der Waals surface area (Å²) in [7, 11) is 5.65. The van der Waals surface area contributed by atoms with E-state index in [4.69, 9.17) is 9.57 Å². The molecule has 0 spiro atoms. The molecule has 2 amide bonds. The van der Waals surface area contributed by atoms with E-state index in [1.165, 1.54) is 6.42 Å². The molecule has 10 heteroatoms. The van der Waals surface area contributed by atoms with Crippen LogP contribution in [0, 0.1) is 35.0 Å². The van der Waals surface area contributed by atoms with E-state index in [1.54, 1.807) is 19.1 Å². The second kappa shape index (κ2) is 17.5. The molecule has 3 aliphatic carbocycles. The molecule has 4 fully saturated rings. The molecule has 0 aromatic heterocycles. The van der Waals surface area contributed by atoms with Gasteiger partial charge >= 0.3 is 0 Å². The molecule has 50 heavy (non-hydrogen) atoms. The van der Waals surface area contributed by atoms with Crippen molar-refractivity contribution >= 4 is 17.5 Å². The lowest BCUT2D eigenvalue weighted by atomic mass is 9.45. The summed E-state index contributed by atoms with van der Waals surface area (Å²) in [5, 5.41) is 29.4. The van der Waals surface area contributed by atoms with Gasteiger partial charge in [0, 0.05) is 51.0 Å². The highest BCUT2D eigenvalue weighted by Gasteiger charge is 2.57. The molecule has 284 valence electrons. The van der Waals surface area contributed by atoms with Crippen LogP contribution in [-0.2, 0) is 14.4 Å². The Bertz CT molecular complexity index is 1270. The lowest BCUT2D eigenvalue weighted by Crippen LogP contribution is -2.62. The van der Waals surface area contributed by atoms with Crippen LogP contribution in [0.2, 0.25) is 0 Å². The molecule has 0 radical (unpaired) electrons. The van der Waals surface area contributed by atoms with E-state index in [0.29, 0.717) is 47.8 Å². The Balaban J connectivity index is 1.49. The zero-order chi connectivity index (χ0) is 36.9. The first-order valence-corrected chi connectivity index (χ1v) is 19.3. The molecule has 5 rings (SSSR count). The van der Waals surface area contributed by atoms with E-state index in [0.717, 1.165) is 49.8 Å². The standard InChI is InChI=1S/C40H68N4O6/c1-11-13-27(28-17-29(19-32(18-28)43(8)9)38(47)41-31(23-49-10)16-24(2)3)14-12-15-44-37(36(26(5)46)35(22-45)50-44)39(48)42-34-21-30-20-33(25(34)4)40(30,6)7/h17-19,24-27,30-31,33-37,45-46H,11-16,20-23H2,1-10H3,(H,41,47)(H,42,48)/t25-,26-,27?,30+,31+,33+,34-,35-,36+,37-/m0/s1. The fourth-order valence-electron chi connectivity index (χ4n) is 9.33. The third-order valence-electron chi connectivity index (χ3n) is 12.3. The van der Waals surface area contributed by atoms with Gasteiger partial charge in [-0.05, 0) is 104 Å². The number of fused-ring (bicyclic) bond motifs is 2. The number of aliphatic hydroxyl groups is 2. The molecular weight excluding hydrogens is 632 g/mol. The summed E-state index contributed by atoms with van der Waals surface area (Å²) in [4.78, 5) is 35.9. The summed E-state index contributed by atoms with van der Waals surface area (Å²) in [6.07, 6.45) is 5.10. The normalized spacial score (nSPS) is 29.3. The molecule has 1 unspecified atom stereocenters.